The van der Waals surface area contributed by atoms with Crippen LogP contribution in [0.1, 0.15) is 6.42 Å². The Morgan fingerprint density at radius 1 is 1.59 bits per heavy atom. The molecule has 2 rings (SSSR count). The molecular formula is C11H18N4O2. The highest BCUT2D eigenvalue weighted by molar-refractivity contribution is 5.75. The van der Waals surface area contributed by atoms with E-state index in [4.69, 9.17) is 0 Å². The topological polar surface area (TPSA) is 79.2 Å². The molecule has 0 radical (unpaired) electrons. The molecule has 3 N–H and O–H groups in total. The molecule has 0 aliphatic carbocycles. The Labute approximate surface area is 100 Å². The first-order chi connectivity index (χ1) is 8.25. The molecular weight excluding hydrogens is 220 g/mol. The fourth-order valence-electron chi connectivity index (χ4n) is 1.91. The van der Waals surface area contributed by atoms with Crippen LogP contribution < -0.4 is 10.6 Å². The predicted octanol–water partition coefficient (Wildman–Crippen LogP) is -1.03. The van der Waals surface area contributed by atoms with E-state index in [9.17, 15) is 9.90 Å². The van der Waals surface area contributed by atoms with E-state index in [1.54, 1.807) is 12.5 Å². The van der Waals surface area contributed by atoms with Gasteiger partial charge in [-0.15, -0.1) is 0 Å². The van der Waals surface area contributed by atoms with E-state index < -0.39 is 0 Å². The number of carbonyl (C=O) groups excluding carboxylic acids is 1. The molecule has 2 unspecified atom stereocenters. The second-order valence-electron chi connectivity index (χ2n) is 4.34. The molecule has 6 nitrogen and oxygen atoms in total. The molecule has 1 aromatic heterocycles. The standard InChI is InChI=1S/C11H18N4O2/c16-10-7-13-5-9(10)6-14-11(17)1-3-15-4-2-12-8-15/h2,4,8-10,13,16H,1,3,5-7H2,(H,14,17). The minimum absolute atomic E-state index is 0.0119. The van der Waals surface area contributed by atoms with Crippen molar-refractivity contribution in [1.29, 1.82) is 0 Å². The highest BCUT2D eigenvalue weighted by atomic mass is 16.3. The SMILES string of the molecule is O=C(CCn1ccnc1)NCC1CNCC1O. The summed E-state index contributed by atoms with van der Waals surface area (Å²) in [4.78, 5) is 15.5. The van der Waals surface area contributed by atoms with Crippen LogP contribution >= 0.6 is 0 Å². The first-order valence-corrected chi connectivity index (χ1v) is 5.87. The average Bonchev–Trinajstić information content (AvgIpc) is 2.95. The molecule has 1 amide bonds. The Hall–Kier alpha value is -1.40. The van der Waals surface area contributed by atoms with Gasteiger partial charge < -0.3 is 20.3 Å². The van der Waals surface area contributed by atoms with Gasteiger partial charge in [0.15, 0.2) is 0 Å². The maximum absolute atomic E-state index is 11.6. The molecule has 6 heteroatoms. The van der Waals surface area contributed by atoms with Gasteiger partial charge in [0.05, 0.1) is 12.4 Å². The number of amides is 1. The number of nitrogens with zero attached hydrogens (tertiary/aromatic N) is 2. The van der Waals surface area contributed by atoms with E-state index in [-0.39, 0.29) is 17.9 Å². The van der Waals surface area contributed by atoms with Gasteiger partial charge in [0.25, 0.3) is 0 Å². The number of aromatic nitrogens is 2. The molecule has 1 saturated heterocycles. The van der Waals surface area contributed by atoms with Crippen LogP contribution in [0, 0.1) is 5.92 Å². The van der Waals surface area contributed by atoms with Gasteiger partial charge in [-0.3, -0.25) is 4.79 Å². The second-order valence-corrected chi connectivity index (χ2v) is 4.34. The normalized spacial score (nSPS) is 23.8. The Kier molecular flexibility index (Phi) is 4.11. The number of β-amino-alcohol motifs (C(OH)–C–C–N with tert-alkyl or cyclic N) is 1. The number of nitrogens with one attached hydrogen (secondary N) is 2. The van der Waals surface area contributed by atoms with E-state index in [2.05, 4.69) is 15.6 Å². The molecule has 1 fully saturated rings. The van der Waals surface area contributed by atoms with Crippen molar-refractivity contribution in [1.82, 2.24) is 20.2 Å². The second kappa shape index (κ2) is 5.79. The predicted molar refractivity (Wildman–Crippen MR) is 62.2 cm³/mol. The highest BCUT2D eigenvalue weighted by Crippen LogP contribution is 2.06. The lowest BCUT2D eigenvalue weighted by atomic mass is 10.1. The molecule has 1 aliphatic rings. The quantitative estimate of drug-likeness (QED) is 0.613. The van der Waals surface area contributed by atoms with Gasteiger partial charge in [-0.05, 0) is 0 Å². The lowest BCUT2D eigenvalue weighted by molar-refractivity contribution is -0.121. The fourth-order valence-corrected chi connectivity index (χ4v) is 1.91. The Morgan fingerprint density at radius 3 is 3.12 bits per heavy atom. The van der Waals surface area contributed by atoms with Crippen molar-refractivity contribution >= 4 is 5.91 Å². The zero-order chi connectivity index (χ0) is 12.1. The maximum atomic E-state index is 11.6. The molecule has 1 aromatic rings. The molecule has 0 spiro atoms. The summed E-state index contributed by atoms with van der Waals surface area (Å²) in [5.41, 5.74) is 0. The van der Waals surface area contributed by atoms with Gasteiger partial charge in [-0.2, -0.15) is 0 Å². The van der Waals surface area contributed by atoms with Crippen LogP contribution in [0.4, 0.5) is 0 Å². The van der Waals surface area contributed by atoms with Gasteiger partial charge in [0.2, 0.25) is 5.91 Å². The van der Waals surface area contributed by atoms with Crippen molar-refractivity contribution in [3.05, 3.63) is 18.7 Å². The van der Waals surface area contributed by atoms with Crippen molar-refractivity contribution in [3.63, 3.8) is 0 Å². The van der Waals surface area contributed by atoms with Gasteiger partial charge >= 0.3 is 0 Å². The minimum atomic E-state index is -0.344. The van der Waals surface area contributed by atoms with Crippen LogP contribution in [0.5, 0.6) is 0 Å². The number of hydrogen-bond donors (Lipinski definition) is 3. The van der Waals surface area contributed by atoms with Crippen molar-refractivity contribution < 1.29 is 9.90 Å². The molecule has 1 aliphatic heterocycles. The summed E-state index contributed by atoms with van der Waals surface area (Å²) in [7, 11) is 0. The summed E-state index contributed by atoms with van der Waals surface area (Å²) in [6, 6.07) is 0. The van der Waals surface area contributed by atoms with E-state index in [0.29, 0.717) is 26.1 Å². The first-order valence-electron chi connectivity index (χ1n) is 5.87. The van der Waals surface area contributed by atoms with Crippen molar-refractivity contribution in [2.75, 3.05) is 19.6 Å². The number of aryl methyl sites for hydroxylation is 1. The molecule has 0 aromatic carbocycles. The Morgan fingerprint density at radius 2 is 2.47 bits per heavy atom. The summed E-state index contributed by atoms with van der Waals surface area (Å²) in [6.45, 7) is 2.56. The summed E-state index contributed by atoms with van der Waals surface area (Å²) >= 11 is 0. The molecule has 0 saturated carbocycles. The van der Waals surface area contributed by atoms with E-state index in [0.717, 1.165) is 6.54 Å². The van der Waals surface area contributed by atoms with Crippen LogP contribution in [-0.4, -0.2) is 46.3 Å². The van der Waals surface area contributed by atoms with Gasteiger partial charge in [0.1, 0.15) is 0 Å². The number of aliphatic hydroxyl groups is 1. The van der Waals surface area contributed by atoms with E-state index in [1.807, 2.05) is 10.8 Å². The third-order valence-electron chi connectivity index (χ3n) is 3.02. The molecule has 17 heavy (non-hydrogen) atoms. The van der Waals surface area contributed by atoms with Gasteiger partial charge in [0, 0.05) is 50.9 Å². The zero-order valence-electron chi connectivity index (χ0n) is 9.67. The highest BCUT2D eigenvalue weighted by Gasteiger charge is 2.24. The van der Waals surface area contributed by atoms with Crippen LogP contribution in [-0.2, 0) is 11.3 Å². The first kappa shape index (κ1) is 12.1. The monoisotopic (exact) mass is 238 g/mol. The van der Waals surface area contributed by atoms with Crippen LogP contribution in [0.2, 0.25) is 0 Å². The fraction of sp³-hybridized carbons (Fsp3) is 0.636. The van der Waals surface area contributed by atoms with Crippen molar-refractivity contribution in [2.45, 2.75) is 19.1 Å². The summed E-state index contributed by atoms with van der Waals surface area (Å²) in [6.07, 6.45) is 5.31. The third kappa shape index (κ3) is 3.54. The maximum Gasteiger partial charge on any atom is 0.221 e. The lowest BCUT2D eigenvalue weighted by Gasteiger charge is -2.14. The summed E-state index contributed by atoms with van der Waals surface area (Å²) in [5, 5.41) is 15.5. The molecule has 2 atom stereocenters. The summed E-state index contributed by atoms with van der Waals surface area (Å²) in [5.74, 6) is 0.144. The lowest BCUT2D eigenvalue weighted by Crippen LogP contribution is -2.34. The Bertz CT molecular complexity index is 352. The largest absolute Gasteiger partial charge is 0.391 e. The van der Waals surface area contributed by atoms with E-state index in [1.165, 1.54) is 0 Å². The third-order valence-corrected chi connectivity index (χ3v) is 3.02. The summed E-state index contributed by atoms with van der Waals surface area (Å²) < 4.78 is 1.87. The smallest absolute Gasteiger partial charge is 0.221 e. The zero-order valence-corrected chi connectivity index (χ0v) is 9.67. The Balaban J connectivity index is 1.64. The number of rotatable bonds is 5. The number of imidazole rings is 1. The van der Waals surface area contributed by atoms with Crippen LogP contribution in [0.15, 0.2) is 18.7 Å². The number of aliphatic hydroxyl groups excluding tert-OH is 1. The number of carbonyl (C=O) groups is 1. The molecule has 2 heterocycles. The minimum Gasteiger partial charge on any atom is -0.391 e. The van der Waals surface area contributed by atoms with Crippen molar-refractivity contribution in [2.24, 2.45) is 5.92 Å². The number of hydrogen-bond acceptors (Lipinski definition) is 4. The van der Waals surface area contributed by atoms with Crippen LogP contribution in [0.25, 0.3) is 0 Å². The van der Waals surface area contributed by atoms with E-state index >= 15 is 0 Å². The van der Waals surface area contributed by atoms with Gasteiger partial charge in [-0.1, -0.05) is 0 Å². The van der Waals surface area contributed by atoms with Crippen molar-refractivity contribution in [3.8, 4) is 0 Å². The molecule has 0 bridgehead atoms. The molecule has 94 valence electrons. The average molecular weight is 238 g/mol. The van der Waals surface area contributed by atoms with Crippen LogP contribution in [0.3, 0.4) is 0 Å². The van der Waals surface area contributed by atoms with Gasteiger partial charge in [-0.25, -0.2) is 4.98 Å².